The van der Waals surface area contributed by atoms with Gasteiger partial charge in [-0.15, -0.1) is 0 Å². The van der Waals surface area contributed by atoms with Crippen LogP contribution in [-0.2, 0) is 0 Å². The van der Waals surface area contributed by atoms with Gasteiger partial charge in [0.25, 0.3) is 0 Å². The number of rotatable bonds is 0. The highest BCUT2D eigenvalue weighted by Crippen LogP contribution is 2.46. The summed E-state index contributed by atoms with van der Waals surface area (Å²) in [7, 11) is 0.526. The van der Waals surface area contributed by atoms with Crippen molar-refractivity contribution < 1.29 is 4.89 Å². The van der Waals surface area contributed by atoms with Gasteiger partial charge in [-0.3, -0.25) is 0 Å². The largest absolute Gasteiger partial charge is 0.627 e. The topological polar surface area (TPSA) is 23.1 Å². The van der Waals surface area contributed by atoms with Gasteiger partial charge in [-0.2, -0.15) is 0 Å². The smallest absolute Gasteiger partial charge is 0.186 e. The normalized spacial score (nSPS) is 32.8. The first-order chi connectivity index (χ1) is 1.89. The maximum absolute atomic E-state index is 9.69. The minimum atomic E-state index is -0.648. The molecule has 0 fully saturated rings. The van der Waals surface area contributed by atoms with Gasteiger partial charge in [0.2, 0.25) is 0 Å². The van der Waals surface area contributed by atoms with E-state index in [-0.39, 0.29) is 0 Å². The van der Waals surface area contributed by atoms with Gasteiger partial charge in [-0.05, 0) is 0 Å². The van der Waals surface area contributed by atoms with Gasteiger partial charge >= 0.3 is 0 Å². The first-order valence-corrected chi connectivity index (χ1v) is 4.25. The van der Waals surface area contributed by atoms with E-state index >= 15 is 0 Å². The van der Waals surface area contributed by atoms with Crippen LogP contribution in [0.3, 0.4) is 0 Å². The quantitative estimate of drug-likeness (QED) is 0.400. The summed E-state index contributed by atoms with van der Waals surface area (Å²) in [6, 6.07) is 0. The fourth-order valence-corrected chi connectivity index (χ4v) is 0.697. The number of hydrogen-bond acceptors (Lipinski definition) is 1. The zero-order valence-corrected chi connectivity index (χ0v) is 3.80. The molecule has 1 nitrogen and oxygen atoms in total. The fourth-order valence-electron chi connectivity index (χ4n) is 0.0258. The summed E-state index contributed by atoms with van der Waals surface area (Å²) >= 11 is 0. The zero-order valence-electron chi connectivity index (χ0n) is 2.01. The van der Waals surface area contributed by atoms with Crippen molar-refractivity contribution >= 4 is 15.3 Å². The molecule has 0 bridgehead atoms. The molecule has 3 heteroatoms. The molecule has 0 amide bonds. The first-order valence-electron chi connectivity index (χ1n) is 1.02. The van der Waals surface area contributed by atoms with E-state index in [2.05, 4.69) is 0 Å². The van der Waals surface area contributed by atoms with Crippen molar-refractivity contribution in [1.29, 1.82) is 0 Å². The molecule has 1 aliphatic rings. The Morgan fingerprint density at radius 3 is 2.25 bits per heavy atom. The lowest BCUT2D eigenvalue weighted by atomic mass is 11.9. The third kappa shape index (κ3) is 0.492. The molecule has 0 saturated carbocycles. The van der Waals surface area contributed by atoms with E-state index in [4.69, 9.17) is 0 Å². The van der Waals surface area contributed by atoms with Gasteiger partial charge in [0, 0.05) is 0 Å². The van der Waals surface area contributed by atoms with Gasteiger partial charge in [0.05, 0.1) is 7.44 Å². The van der Waals surface area contributed by atoms with E-state index in [0.717, 1.165) is 5.90 Å². The summed E-state index contributed by atoms with van der Waals surface area (Å²) < 4.78 is 0. The summed E-state index contributed by atoms with van der Waals surface area (Å²) in [4.78, 5) is 9.69. The molecule has 1 unspecified atom stereocenters. The second-order valence-electron chi connectivity index (χ2n) is 0.635. The molecule has 0 spiro atoms. The minimum absolute atomic E-state index is 0.648. The van der Waals surface area contributed by atoms with Crippen LogP contribution >= 0.6 is 15.3 Å². The number of hydrogen-bond donors (Lipinski definition) is 0. The fraction of sp³-hybridized carbons (Fsp3) is 1.00. The monoisotopic (exact) mass is 92.0 g/mol. The van der Waals surface area contributed by atoms with Crippen LogP contribution in [0.2, 0.25) is 0 Å². The van der Waals surface area contributed by atoms with Crippen LogP contribution in [0.5, 0.6) is 0 Å². The van der Waals surface area contributed by atoms with Crippen molar-refractivity contribution in [1.82, 2.24) is 0 Å². The van der Waals surface area contributed by atoms with Crippen LogP contribution in [0.15, 0.2) is 0 Å². The standard InChI is InChI=1S/CH2OP2/c2-4-1-3-4/h1H2. The highest BCUT2D eigenvalue weighted by atomic mass is 31.8. The van der Waals surface area contributed by atoms with E-state index in [0.29, 0.717) is 0 Å². The van der Waals surface area contributed by atoms with E-state index in [1.807, 2.05) is 0 Å². The van der Waals surface area contributed by atoms with Crippen molar-refractivity contribution in [2.45, 2.75) is 0 Å². The molecule has 0 aliphatic carbocycles. The highest BCUT2D eigenvalue weighted by molar-refractivity contribution is 8.07. The second kappa shape index (κ2) is 0.755. The SMILES string of the molecule is [O-][P+]1=PC1. The Kier molecular flexibility index (Phi) is 0.524. The molecule has 0 saturated heterocycles. The second-order valence-corrected chi connectivity index (χ2v) is 4.94. The first kappa shape index (κ1) is 2.78. The van der Waals surface area contributed by atoms with Gasteiger partial charge in [-0.1, -0.05) is 0 Å². The molecular formula is CH2OP2. The van der Waals surface area contributed by atoms with E-state index < -0.39 is 7.44 Å². The molecule has 1 aliphatic heterocycles. The summed E-state index contributed by atoms with van der Waals surface area (Å²) in [5.74, 6) is 0.968. The zero-order chi connectivity index (χ0) is 2.99. The average Bonchev–Trinajstić information content (AvgIpc) is 1.75. The molecule has 1 atom stereocenters. The van der Waals surface area contributed by atoms with Crippen LogP contribution < -0.4 is 4.89 Å². The molecule has 0 radical (unpaired) electrons. The molecule has 22 valence electrons. The van der Waals surface area contributed by atoms with E-state index in [9.17, 15) is 4.89 Å². The lowest BCUT2D eigenvalue weighted by Gasteiger charge is -1.56. The van der Waals surface area contributed by atoms with Gasteiger partial charge in [0.15, 0.2) is 13.8 Å². The Balaban J connectivity index is 2.54. The van der Waals surface area contributed by atoms with Gasteiger partial charge in [-0.25, -0.2) is 0 Å². The van der Waals surface area contributed by atoms with Gasteiger partial charge < -0.3 is 4.89 Å². The Morgan fingerprint density at radius 1 is 2.00 bits per heavy atom. The van der Waals surface area contributed by atoms with Crippen LogP contribution in [0, 0.1) is 0 Å². The van der Waals surface area contributed by atoms with Crippen LogP contribution in [0.1, 0.15) is 0 Å². The molecule has 0 aromatic rings. The lowest BCUT2D eigenvalue weighted by molar-refractivity contribution is -0.149. The maximum atomic E-state index is 9.69. The van der Waals surface area contributed by atoms with Gasteiger partial charge in [0.1, 0.15) is 0 Å². The van der Waals surface area contributed by atoms with Crippen LogP contribution in [-0.4, -0.2) is 5.90 Å². The minimum Gasteiger partial charge on any atom is -0.627 e. The van der Waals surface area contributed by atoms with Crippen molar-refractivity contribution in [2.24, 2.45) is 0 Å². The Bertz CT molecular complexity index is 57.1. The molecule has 4 heavy (non-hydrogen) atoms. The van der Waals surface area contributed by atoms with Crippen molar-refractivity contribution in [3.8, 4) is 0 Å². The molecule has 0 N–H and O–H groups in total. The van der Waals surface area contributed by atoms with E-state index in [1.54, 1.807) is 0 Å². The molecule has 0 aromatic heterocycles. The lowest BCUT2D eigenvalue weighted by Crippen LogP contribution is -1.71. The van der Waals surface area contributed by atoms with Crippen molar-refractivity contribution in [3.05, 3.63) is 0 Å². The maximum Gasteiger partial charge on any atom is 0.186 e. The van der Waals surface area contributed by atoms with Crippen LogP contribution in [0.4, 0.5) is 0 Å². The summed E-state index contributed by atoms with van der Waals surface area (Å²) in [5.41, 5.74) is 0. The Hall–Kier alpha value is 0.560. The summed E-state index contributed by atoms with van der Waals surface area (Å²) in [6.45, 7) is 0. The Labute approximate surface area is 27.1 Å². The molecule has 0 aromatic carbocycles. The Morgan fingerprint density at radius 2 is 2.25 bits per heavy atom. The van der Waals surface area contributed by atoms with Crippen LogP contribution in [0.25, 0.3) is 0 Å². The predicted molar refractivity (Wildman–Crippen MR) is 18.7 cm³/mol. The summed E-state index contributed by atoms with van der Waals surface area (Å²) in [6.07, 6.45) is 0. The van der Waals surface area contributed by atoms with Crippen molar-refractivity contribution in [3.63, 3.8) is 0 Å². The highest BCUT2D eigenvalue weighted by Gasteiger charge is 2.08. The summed E-state index contributed by atoms with van der Waals surface area (Å²) in [5, 5.41) is 0. The third-order valence-electron chi connectivity index (χ3n) is 0.257. The third-order valence-corrected chi connectivity index (χ3v) is 2.31. The van der Waals surface area contributed by atoms with E-state index in [1.165, 1.54) is 7.87 Å². The molecule has 1 heterocycles. The predicted octanol–water partition coefficient (Wildman–Crippen LogP) is 0.576. The molecule has 1 rings (SSSR count). The van der Waals surface area contributed by atoms with Crippen molar-refractivity contribution in [2.75, 3.05) is 5.90 Å². The average molecular weight is 92.0 g/mol. The molecular weight excluding hydrogens is 90.0 g/mol.